The second-order valence-corrected chi connectivity index (χ2v) is 6.54. The second kappa shape index (κ2) is 6.91. The molecule has 0 radical (unpaired) electrons. The van der Waals surface area contributed by atoms with Gasteiger partial charge >= 0.3 is 0 Å². The van der Waals surface area contributed by atoms with Crippen LogP contribution in [0.25, 0.3) is 0 Å². The highest BCUT2D eigenvalue weighted by molar-refractivity contribution is 5.26. The lowest BCUT2D eigenvalue weighted by Crippen LogP contribution is -2.49. The molecule has 2 saturated heterocycles. The maximum atomic E-state index is 10.3. The molecular formula is C18H27NO2. The molecule has 0 aromatic heterocycles. The monoisotopic (exact) mass is 289 g/mol. The fourth-order valence-electron chi connectivity index (χ4n) is 3.94. The van der Waals surface area contributed by atoms with Crippen molar-refractivity contribution in [2.45, 2.75) is 51.4 Å². The van der Waals surface area contributed by atoms with E-state index in [4.69, 9.17) is 4.74 Å². The first-order valence-corrected chi connectivity index (χ1v) is 8.35. The van der Waals surface area contributed by atoms with Crippen LogP contribution >= 0.6 is 0 Å². The Balaban J connectivity index is 1.58. The van der Waals surface area contributed by atoms with Crippen molar-refractivity contribution in [3.05, 3.63) is 35.4 Å². The third-order valence-electron chi connectivity index (χ3n) is 5.15. The summed E-state index contributed by atoms with van der Waals surface area (Å²) in [6, 6.07) is 8.60. The molecule has 3 atom stereocenters. The number of ether oxygens (including phenoxy) is 1. The minimum absolute atomic E-state index is 0.581. The molecule has 2 aliphatic rings. The fraction of sp³-hybridized carbons (Fsp3) is 0.667. The molecule has 0 bridgehead atoms. The highest BCUT2D eigenvalue weighted by Crippen LogP contribution is 2.32. The molecule has 0 unspecified atom stereocenters. The third kappa shape index (κ3) is 3.47. The molecule has 2 fully saturated rings. The summed E-state index contributed by atoms with van der Waals surface area (Å²) in [5.41, 5.74) is 1.99. The zero-order chi connectivity index (χ0) is 14.7. The number of aryl methyl sites for hydroxylation is 1. The largest absolute Gasteiger partial charge is 0.364 e. The third-order valence-corrected chi connectivity index (χ3v) is 5.15. The first kappa shape index (κ1) is 15.0. The maximum absolute atomic E-state index is 10.3. The van der Waals surface area contributed by atoms with Crippen molar-refractivity contribution >= 4 is 0 Å². The smallest absolute Gasteiger partial charge is 0.181 e. The van der Waals surface area contributed by atoms with Crippen molar-refractivity contribution < 1.29 is 9.84 Å². The molecule has 1 aromatic rings. The normalized spacial score (nSPS) is 28.1. The molecule has 116 valence electrons. The van der Waals surface area contributed by atoms with Crippen molar-refractivity contribution in [3.8, 4) is 0 Å². The first-order valence-electron chi connectivity index (χ1n) is 8.35. The van der Waals surface area contributed by atoms with Crippen LogP contribution in [0.2, 0.25) is 0 Å². The van der Waals surface area contributed by atoms with E-state index >= 15 is 0 Å². The van der Waals surface area contributed by atoms with E-state index in [-0.39, 0.29) is 0 Å². The molecule has 21 heavy (non-hydrogen) atoms. The lowest BCUT2D eigenvalue weighted by Gasteiger charge is -2.44. The van der Waals surface area contributed by atoms with Crippen LogP contribution in [0.3, 0.4) is 0 Å². The van der Waals surface area contributed by atoms with Gasteiger partial charge in [0.05, 0.1) is 6.61 Å². The number of hydrogen-bond acceptors (Lipinski definition) is 3. The number of benzene rings is 1. The van der Waals surface area contributed by atoms with Crippen LogP contribution in [0.5, 0.6) is 0 Å². The number of rotatable bonds is 4. The molecule has 0 spiro atoms. The molecule has 2 aliphatic heterocycles. The van der Waals surface area contributed by atoms with E-state index < -0.39 is 6.29 Å². The number of fused-ring (bicyclic) bond motifs is 1. The van der Waals surface area contributed by atoms with Crippen LogP contribution in [0.15, 0.2) is 24.3 Å². The van der Waals surface area contributed by atoms with E-state index in [0.29, 0.717) is 18.6 Å². The van der Waals surface area contributed by atoms with E-state index in [1.165, 1.54) is 45.2 Å². The van der Waals surface area contributed by atoms with Gasteiger partial charge in [0.15, 0.2) is 6.29 Å². The number of piperidine rings is 2. The Bertz CT molecular complexity index is 460. The highest BCUT2D eigenvalue weighted by Gasteiger charge is 2.33. The summed E-state index contributed by atoms with van der Waals surface area (Å²) >= 11 is 0. The van der Waals surface area contributed by atoms with Gasteiger partial charge in [-0.05, 0) is 57.2 Å². The highest BCUT2D eigenvalue weighted by atomic mass is 16.6. The van der Waals surface area contributed by atoms with Crippen molar-refractivity contribution in [2.24, 2.45) is 5.92 Å². The maximum Gasteiger partial charge on any atom is 0.181 e. The molecule has 2 heterocycles. The quantitative estimate of drug-likeness (QED) is 0.864. The zero-order valence-corrected chi connectivity index (χ0v) is 13.0. The number of aliphatic hydroxyl groups is 1. The minimum atomic E-state index is -0.787. The summed E-state index contributed by atoms with van der Waals surface area (Å²) in [7, 11) is 0. The van der Waals surface area contributed by atoms with Gasteiger partial charge in [0.1, 0.15) is 0 Å². The van der Waals surface area contributed by atoms with Crippen LogP contribution in [-0.2, 0) is 4.74 Å². The number of hydrogen-bond donors (Lipinski definition) is 1. The average molecular weight is 289 g/mol. The van der Waals surface area contributed by atoms with Crippen molar-refractivity contribution in [1.29, 1.82) is 0 Å². The van der Waals surface area contributed by atoms with Crippen molar-refractivity contribution in [3.63, 3.8) is 0 Å². The van der Waals surface area contributed by atoms with Gasteiger partial charge < -0.3 is 14.7 Å². The average Bonchev–Trinajstić information content (AvgIpc) is 2.53. The van der Waals surface area contributed by atoms with Crippen LogP contribution in [0.4, 0.5) is 0 Å². The molecule has 0 aliphatic carbocycles. The molecule has 1 N–H and O–H groups in total. The Kier molecular flexibility index (Phi) is 4.94. The predicted molar refractivity (Wildman–Crippen MR) is 84.0 cm³/mol. The molecule has 1 aromatic carbocycles. The Hall–Kier alpha value is -0.900. The van der Waals surface area contributed by atoms with Gasteiger partial charge in [-0.3, -0.25) is 0 Å². The van der Waals surface area contributed by atoms with E-state index in [1.54, 1.807) is 0 Å². The lowest BCUT2D eigenvalue weighted by molar-refractivity contribution is -0.126. The summed E-state index contributed by atoms with van der Waals surface area (Å²) in [5, 5.41) is 10.3. The minimum Gasteiger partial charge on any atom is -0.364 e. The predicted octanol–water partition coefficient (Wildman–Crippen LogP) is 3.27. The van der Waals surface area contributed by atoms with Crippen molar-refractivity contribution in [2.75, 3.05) is 19.7 Å². The van der Waals surface area contributed by atoms with E-state index in [0.717, 1.165) is 11.1 Å². The SMILES string of the molecule is Cc1ccccc1[C@@H](O)OC[C@@H]1CCCN2CCCC[C@H]12. The van der Waals surface area contributed by atoms with Crippen LogP contribution in [0, 0.1) is 12.8 Å². The lowest BCUT2D eigenvalue weighted by atomic mass is 9.84. The van der Waals surface area contributed by atoms with Gasteiger partial charge in [-0.25, -0.2) is 0 Å². The Morgan fingerprint density at radius 2 is 2.00 bits per heavy atom. The molecule has 0 saturated carbocycles. The van der Waals surface area contributed by atoms with Gasteiger partial charge in [0.2, 0.25) is 0 Å². The summed E-state index contributed by atoms with van der Waals surface area (Å²) in [6.45, 7) is 5.20. The van der Waals surface area contributed by atoms with Gasteiger partial charge in [-0.2, -0.15) is 0 Å². The van der Waals surface area contributed by atoms with E-state index in [2.05, 4.69) is 4.90 Å². The van der Waals surface area contributed by atoms with Gasteiger partial charge in [0.25, 0.3) is 0 Å². The topological polar surface area (TPSA) is 32.7 Å². The van der Waals surface area contributed by atoms with Crippen LogP contribution in [0.1, 0.15) is 49.5 Å². The van der Waals surface area contributed by atoms with Gasteiger partial charge in [-0.1, -0.05) is 30.7 Å². The summed E-state index contributed by atoms with van der Waals surface area (Å²) < 4.78 is 5.83. The van der Waals surface area contributed by atoms with E-state index in [1.807, 2.05) is 31.2 Å². The Labute approximate surface area is 127 Å². The van der Waals surface area contributed by atoms with E-state index in [9.17, 15) is 5.11 Å². The Morgan fingerprint density at radius 1 is 1.19 bits per heavy atom. The first-order chi connectivity index (χ1) is 10.3. The summed E-state index contributed by atoms with van der Waals surface area (Å²) in [6.07, 6.45) is 5.71. The van der Waals surface area contributed by atoms with Gasteiger partial charge in [-0.15, -0.1) is 0 Å². The molecule has 0 amide bonds. The Morgan fingerprint density at radius 3 is 2.86 bits per heavy atom. The van der Waals surface area contributed by atoms with Crippen LogP contribution < -0.4 is 0 Å². The summed E-state index contributed by atoms with van der Waals surface area (Å²) in [4.78, 5) is 2.64. The molecular weight excluding hydrogens is 262 g/mol. The number of nitrogens with zero attached hydrogens (tertiary/aromatic N) is 1. The van der Waals surface area contributed by atoms with Crippen molar-refractivity contribution in [1.82, 2.24) is 4.90 Å². The molecule has 3 rings (SSSR count). The summed E-state index contributed by atoms with van der Waals surface area (Å²) in [5.74, 6) is 0.581. The number of aliphatic hydroxyl groups excluding tert-OH is 1. The standard InChI is InChI=1S/C18H27NO2/c1-14-7-2-3-9-16(14)18(20)21-13-15-8-6-12-19-11-5-4-10-17(15)19/h2-3,7,9,15,17-18,20H,4-6,8,10-13H2,1H3/t15-,17+,18-/m0/s1. The zero-order valence-electron chi connectivity index (χ0n) is 13.0. The van der Waals surface area contributed by atoms with Crippen LogP contribution in [-0.4, -0.2) is 35.7 Å². The molecule has 3 nitrogen and oxygen atoms in total. The van der Waals surface area contributed by atoms with Gasteiger partial charge in [0, 0.05) is 11.6 Å². The second-order valence-electron chi connectivity index (χ2n) is 6.54. The fourth-order valence-corrected chi connectivity index (χ4v) is 3.94. The molecule has 3 heteroatoms.